The highest BCUT2D eigenvalue weighted by Gasteiger charge is 2.10. The van der Waals surface area contributed by atoms with E-state index in [0.717, 1.165) is 4.47 Å². The van der Waals surface area contributed by atoms with E-state index in [1.807, 2.05) is 6.07 Å². The number of rotatable bonds is 4. The lowest BCUT2D eigenvalue weighted by Gasteiger charge is -2.06. The van der Waals surface area contributed by atoms with Crippen molar-refractivity contribution in [3.63, 3.8) is 0 Å². The molecule has 0 spiro atoms. The average molecular weight is 356 g/mol. The van der Waals surface area contributed by atoms with E-state index in [2.05, 4.69) is 21.2 Å². The summed E-state index contributed by atoms with van der Waals surface area (Å²) in [5, 5.41) is 2.66. The number of nitrogens with one attached hydrogen (secondary N) is 1. The van der Waals surface area contributed by atoms with Gasteiger partial charge >= 0.3 is 0 Å². The van der Waals surface area contributed by atoms with Crippen molar-refractivity contribution in [2.75, 3.05) is 11.1 Å². The predicted molar refractivity (Wildman–Crippen MR) is 80.4 cm³/mol. The zero-order chi connectivity index (χ0) is 14.5. The van der Waals surface area contributed by atoms with E-state index < -0.39 is 16.6 Å². The molecular formula is C14H11BrFNO2S. The molecule has 1 unspecified atom stereocenters. The molecular weight excluding hydrogens is 345 g/mol. The Bertz CT molecular complexity index is 646. The van der Waals surface area contributed by atoms with Crippen LogP contribution in [-0.2, 0) is 15.6 Å². The summed E-state index contributed by atoms with van der Waals surface area (Å²) in [5.74, 6) is -0.923. The first-order chi connectivity index (χ1) is 9.54. The number of carbonyl (C=O) groups excluding carboxylic acids is 1. The van der Waals surface area contributed by atoms with Crippen LogP contribution in [0.3, 0.4) is 0 Å². The van der Waals surface area contributed by atoms with Gasteiger partial charge in [-0.05, 0) is 42.5 Å². The maximum absolute atomic E-state index is 12.8. The van der Waals surface area contributed by atoms with Gasteiger partial charge in [-0.3, -0.25) is 9.00 Å². The van der Waals surface area contributed by atoms with Gasteiger partial charge in [0, 0.05) is 15.1 Å². The summed E-state index contributed by atoms with van der Waals surface area (Å²) >= 11 is 3.30. The molecule has 0 heterocycles. The number of hydrogen-bond donors (Lipinski definition) is 1. The number of benzene rings is 2. The highest BCUT2D eigenvalue weighted by molar-refractivity contribution is 9.10. The molecule has 0 saturated heterocycles. The zero-order valence-electron chi connectivity index (χ0n) is 10.3. The fourth-order valence-corrected chi connectivity index (χ4v) is 2.87. The Balaban J connectivity index is 1.97. The van der Waals surface area contributed by atoms with E-state index in [4.69, 9.17) is 0 Å². The second kappa shape index (κ2) is 6.76. The summed E-state index contributed by atoms with van der Waals surface area (Å²) in [7, 11) is -1.49. The summed E-state index contributed by atoms with van der Waals surface area (Å²) in [6.07, 6.45) is 0. The van der Waals surface area contributed by atoms with Gasteiger partial charge in [0.05, 0.1) is 10.8 Å². The number of hydrogen-bond acceptors (Lipinski definition) is 2. The first-order valence-corrected chi connectivity index (χ1v) is 7.85. The molecule has 0 saturated carbocycles. The Morgan fingerprint density at radius 3 is 2.55 bits per heavy atom. The van der Waals surface area contributed by atoms with E-state index in [1.165, 1.54) is 24.3 Å². The van der Waals surface area contributed by atoms with Crippen LogP contribution in [0, 0.1) is 5.82 Å². The van der Waals surface area contributed by atoms with Crippen molar-refractivity contribution in [2.24, 2.45) is 0 Å². The van der Waals surface area contributed by atoms with Gasteiger partial charge in [-0.1, -0.05) is 22.0 Å². The Labute approximate surface area is 126 Å². The quantitative estimate of drug-likeness (QED) is 0.914. The topological polar surface area (TPSA) is 46.2 Å². The van der Waals surface area contributed by atoms with Crippen molar-refractivity contribution in [3.8, 4) is 0 Å². The minimum atomic E-state index is -1.49. The molecule has 0 aromatic heterocycles. The van der Waals surface area contributed by atoms with Crippen molar-refractivity contribution >= 4 is 38.3 Å². The van der Waals surface area contributed by atoms with E-state index in [1.54, 1.807) is 18.2 Å². The molecule has 0 aliphatic carbocycles. The van der Waals surface area contributed by atoms with Gasteiger partial charge in [-0.2, -0.15) is 0 Å². The average Bonchev–Trinajstić information content (AvgIpc) is 2.39. The number of amides is 1. The zero-order valence-corrected chi connectivity index (χ0v) is 12.7. The minimum Gasteiger partial charge on any atom is -0.325 e. The third-order valence-electron chi connectivity index (χ3n) is 2.45. The monoisotopic (exact) mass is 355 g/mol. The van der Waals surface area contributed by atoms with Gasteiger partial charge in [0.25, 0.3) is 0 Å². The van der Waals surface area contributed by atoms with Gasteiger partial charge < -0.3 is 5.32 Å². The summed E-state index contributed by atoms with van der Waals surface area (Å²) in [4.78, 5) is 12.2. The predicted octanol–water partition coefficient (Wildman–Crippen LogP) is 3.33. The normalized spacial score (nSPS) is 11.9. The molecule has 1 atom stereocenters. The van der Waals surface area contributed by atoms with E-state index >= 15 is 0 Å². The van der Waals surface area contributed by atoms with Crippen LogP contribution in [0.4, 0.5) is 10.1 Å². The first-order valence-electron chi connectivity index (χ1n) is 5.74. The van der Waals surface area contributed by atoms with Crippen LogP contribution in [0.2, 0.25) is 0 Å². The number of carbonyl (C=O) groups is 1. The molecule has 6 heteroatoms. The lowest BCUT2D eigenvalue weighted by Crippen LogP contribution is -2.19. The summed E-state index contributed by atoms with van der Waals surface area (Å²) < 4.78 is 25.5. The molecule has 104 valence electrons. The van der Waals surface area contributed by atoms with Crippen LogP contribution in [0.5, 0.6) is 0 Å². The molecule has 20 heavy (non-hydrogen) atoms. The van der Waals surface area contributed by atoms with Gasteiger partial charge in [-0.25, -0.2) is 4.39 Å². The minimum absolute atomic E-state index is 0.169. The summed E-state index contributed by atoms with van der Waals surface area (Å²) in [5.41, 5.74) is 0.625. The standard InChI is InChI=1S/C14H11BrFNO2S/c15-10-2-1-3-12(8-10)17-14(18)9-20(19)13-6-4-11(16)5-7-13/h1-8H,9H2,(H,17,18). The third-order valence-corrected chi connectivity index (χ3v) is 4.26. The van der Waals surface area contributed by atoms with Crippen LogP contribution >= 0.6 is 15.9 Å². The molecule has 0 fully saturated rings. The second-order valence-corrected chi connectivity index (χ2v) is 6.37. The lowest BCUT2D eigenvalue weighted by atomic mass is 10.3. The van der Waals surface area contributed by atoms with Crippen LogP contribution in [0.25, 0.3) is 0 Å². The Kier molecular flexibility index (Phi) is 5.03. The molecule has 1 amide bonds. The van der Waals surface area contributed by atoms with Crippen molar-refractivity contribution in [1.82, 2.24) is 0 Å². The largest absolute Gasteiger partial charge is 0.325 e. The van der Waals surface area contributed by atoms with Crippen molar-refractivity contribution in [3.05, 3.63) is 58.8 Å². The van der Waals surface area contributed by atoms with Crippen molar-refractivity contribution in [2.45, 2.75) is 4.90 Å². The summed E-state index contributed by atoms with van der Waals surface area (Å²) in [6, 6.07) is 12.4. The molecule has 2 aromatic rings. The highest BCUT2D eigenvalue weighted by atomic mass is 79.9. The van der Waals surface area contributed by atoms with Crippen LogP contribution < -0.4 is 5.32 Å². The summed E-state index contributed by atoms with van der Waals surface area (Å²) in [6.45, 7) is 0. The van der Waals surface area contributed by atoms with Crippen molar-refractivity contribution < 1.29 is 13.4 Å². The highest BCUT2D eigenvalue weighted by Crippen LogP contribution is 2.16. The van der Waals surface area contributed by atoms with Gasteiger partial charge in [0.2, 0.25) is 5.91 Å². The Morgan fingerprint density at radius 2 is 1.90 bits per heavy atom. The maximum Gasteiger partial charge on any atom is 0.237 e. The van der Waals surface area contributed by atoms with Gasteiger partial charge in [0.1, 0.15) is 11.6 Å². The molecule has 2 aromatic carbocycles. The van der Waals surface area contributed by atoms with E-state index in [9.17, 15) is 13.4 Å². The van der Waals surface area contributed by atoms with Crippen LogP contribution in [-0.4, -0.2) is 15.9 Å². The Hall–Kier alpha value is -1.53. The SMILES string of the molecule is O=C(CS(=O)c1ccc(F)cc1)Nc1cccc(Br)c1. The smallest absolute Gasteiger partial charge is 0.237 e. The molecule has 1 N–H and O–H groups in total. The molecule has 0 bridgehead atoms. The maximum atomic E-state index is 12.8. The van der Waals surface area contributed by atoms with Crippen LogP contribution in [0.15, 0.2) is 57.9 Å². The molecule has 0 aliphatic heterocycles. The molecule has 2 rings (SSSR count). The Morgan fingerprint density at radius 1 is 1.20 bits per heavy atom. The molecule has 0 radical (unpaired) electrons. The molecule has 0 aliphatic rings. The fraction of sp³-hybridized carbons (Fsp3) is 0.0714. The van der Waals surface area contributed by atoms with E-state index in [0.29, 0.717) is 10.6 Å². The number of halogens is 2. The fourth-order valence-electron chi connectivity index (χ4n) is 1.55. The van der Waals surface area contributed by atoms with Crippen LogP contribution in [0.1, 0.15) is 0 Å². The van der Waals surface area contributed by atoms with Gasteiger partial charge in [-0.15, -0.1) is 0 Å². The van der Waals surface area contributed by atoms with Gasteiger partial charge in [0.15, 0.2) is 0 Å². The lowest BCUT2D eigenvalue weighted by molar-refractivity contribution is -0.113. The molecule has 3 nitrogen and oxygen atoms in total. The van der Waals surface area contributed by atoms with Crippen molar-refractivity contribution in [1.29, 1.82) is 0 Å². The van der Waals surface area contributed by atoms with E-state index in [-0.39, 0.29) is 11.7 Å². The number of anilines is 1. The first kappa shape index (κ1) is 14.9. The third kappa shape index (κ3) is 4.25. The second-order valence-electron chi connectivity index (χ2n) is 4.00.